The van der Waals surface area contributed by atoms with E-state index in [9.17, 15) is 0 Å². The normalized spacial score (nSPS) is 17.3. The molecule has 2 aromatic heterocycles. The molecule has 1 aliphatic rings. The standard InChI is InChI=1S/C22H23N5S2/c1-2-26-20(16-9-4-3-5-10-16)24-27(22(26)28)15-25-14-8-12-18(25)21-23-17-11-6-7-13-19(17)29-21/h3-7,9-11,13,18H,2,8,12,14-15H2,1H3/t18-/m0/s1. The molecular formula is C22H23N5S2. The highest BCUT2D eigenvalue weighted by atomic mass is 32.1. The van der Waals surface area contributed by atoms with Crippen molar-refractivity contribution in [3.8, 4) is 11.4 Å². The van der Waals surface area contributed by atoms with Crippen LogP contribution < -0.4 is 0 Å². The summed E-state index contributed by atoms with van der Waals surface area (Å²) in [6.45, 7) is 4.67. The zero-order valence-corrected chi connectivity index (χ0v) is 18.0. The number of hydrogen-bond donors (Lipinski definition) is 0. The van der Waals surface area contributed by atoms with Crippen LogP contribution in [-0.4, -0.2) is 30.8 Å². The quantitative estimate of drug-likeness (QED) is 0.399. The third-order valence-electron chi connectivity index (χ3n) is 5.55. The topological polar surface area (TPSA) is 38.9 Å². The van der Waals surface area contributed by atoms with Crippen molar-refractivity contribution in [2.24, 2.45) is 0 Å². The number of rotatable bonds is 5. The van der Waals surface area contributed by atoms with Crippen molar-refractivity contribution in [3.05, 3.63) is 64.4 Å². The molecule has 1 fully saturated rings. The molecule has 5 nitrogen and oxygen atoms in total. The molecule has 5 rings (SSSR count). The lowest BCUT2D eigenvalue weighted by Crippen LogP contribution is -2.27. The summed E-state index contributed by atoms with van der Waals surface area (Å²) in [6, 6.07) is 19.0. The van der Waals surface area contributed by atoms with Gasteiger partial charge in [-0.15, -0.1) is 11.3 Å². The number of aromatic nitrogens is 4. The fourth-order valence-electron chi connectivity index (χ4n) is 4.10. The van der Waals surface area contributed by atoms with E-state index in [2.05, 4.69) is 52.8 Å². The van der Waals surface area contributed by atoms with Crippen LogP contribution in [0.5, 0.6) is 0 Å². The lowest BCUT2D eigenvalue weighted by molar-refractivity contribution is 0.189. The van der Waals surface area contributed by atoms with Gasteiger partial charge in [-0.05, 0) is 44.1 Å². The minimum absolute atomic E-state index is 0.334. The number of hydrogen-bond acceptors (Lipinski definition) is 5. The van der Waals surface area contributed by atoms with E-state index in [0.29, 0.717) is 12.7 Å². The maximum Gasteiger partial charge on any atom is 0.199 e. The molecule has 148 valence electrons. The van der Waals surface area contributed by atoms with Gasteiger partial charge in [-0.1, -0.05) is 42.5 Å². The Bertz CT molecular complexity index is 1160. The van der Waals surface area contributed by atoms with E-state index in [1.54, 1.807) is 0 Å². The monoisotopic (exact) mass is 421 g/mol. The van der Waals surface area contributed by atoms with Crippen molar-refractivity contribution in [3.63, 3.8) is 0 Å². The van der Waals surface area contributed by atoms with E-state index in [1.807, 2.05) is 34.2 Å². The summed E-state index contributed by atoms with van der Waals surface area (Å²) in [4.78, 5) is 7.38. The molecular weight excluding hydrogens is 398 g/mol. The van der Waals surface area contributed by atoms with Crippen LogP contribution in [0.25, 0.3) is 21.6 Å². The average Bonchev–Trinajstić information content (AvgIpc) is 3.46. The van der Waals surface area contributed by atoms with Gasteiger partial charge < -0.3 is 4.57 Å². The van der Waals surface area contributed by atoms with Gasteiger partial charge in [-0.2, -0.15) is 5.10 Å². The maximum atomic E-state index is 5.78. The van der Waals surface area contributed by atoms with E-state index >= 15 is 0 Å². The predicted octanol–water partition coefficient (Wildman–Crippen LogP) is 5.51. The number of fused-ring (bicyclic) bond motifs is 1. The zero-order chi connectivity index (χ0) is 19.8. The Morgan fingerprint density at radius 2 is 1.90 bits per heavy atom. The molecule has 1 saturated heterocycles. The minimum atomic E-state index is 0.334. The second kappa shape index (κ2) is 7.82. The van der Waals surface area contributed by atoms with Crippen LogP contribution in [0.15, 0.2) is 54.6 Å². The first-order chi connectivity index (χ1) is 14.2. The Kier molecular flexibility index (Phi) is 5.03. The van der Waals surface area contributed by atoms with Crippen molar-refractivity contribution in [2.45, 2.75) is 39.0 Å². The summed E-state index contributed by atoms with van der Waals surface area (Å²) in [5, 5.41) is 6.10. The van der Waals surface area contributed by atoms with E-state index in [-0.39, 0.29) is 0 Å². The molecule has 0 aliphatic carbocycles. The Morgan fingerprint density at radius 3 is 2.69 bits per heavy atom. The summed E-state index contributed by atoms with van der Waals surface area (Å²) in [5.74, 6) is 0.939. The van der Waals surface area contributed by atoms with Gasteiger partial charge in [0.15, 0.2) is 10.6 Å². The number of thiazole rings is 1. The first-order valence-corrected chi connectivity index (χ1v) is 11.3. The van der Waals surface area contributed by atoms with Gasteiger partial charge in [0.05, 0.1) is 22.9 Å². The zero-order valence-electron chi connectivity index (χ0n) is 16.4. The molecule has 0 amide bonds. The molecule has 1 aliphatic heterocycles. The molecule has 4 aromatic rings. The van der Waals surface area contributed by atoms with Gasteiger partial charge in [0.1, 0.15) is 5.01 Å². The van der Waals surface area contributed by atoms with Crippen molar-refractivity contribution >= 4 is 33.8 Å². The Morgan fingerprint density at radius 1 is 1.10 bits per heavy atom. The van der Waals surface area contributed by atoms with Crippen LogP contribution in [0.4, 0.5) is 0 Å². The first-order valence-electron chi connectivity index (χ1n) is 10.1. The molecule has 0 bridgehead atoms. The SMILES string of the molecule is CCn1c(-c2ccccc2)nn(CN2CCC[C@H]2c2nc3ccccc3s2)c1=S. The fraction of sp³-hybridized carbons (Fsp3) is 0.318. The van der Waals surface area contributed by atoms with Crippen molar-refractivity contribution in [1.82, 2.24) is 24.2 Å². The molecule has 7 heteroatoms. The smallest absolute Gasteiger partial charge is 0.199 e. The fourth-order valence-corrected chi connectivity index (χ4v) is 5.55. The van der Waals surface area contributed by atoms with Crippen molar-refractivity contribution < 1.29 is 0 Å². The van der Waals surface area contributed by atoms with Gasteiger partial charge in [-0.3, -0.25) is 4.90 Å². The third-order valence-corrected chi connectivity index (χ3v) is 7.11. The molecule has 0 N–H and O–H groups in total. The second-order valence-electron chi connectivity index (χ2n) is 7.35. The molecule has 0 unspecified atom stereocenters. The molecule has 2 aromatic carbocycles. The predicted molar refractivity (Wildman–Crippen MR) is 120 cm³/mol. The van der Waals surface area contributed by atoms with Crippen LogP contribution in [0.2, 0.25) is 0 Å². The summed E-state index contributed by atoms with van der Waals surface area (Å²) in [7, 11) is 0. The number of likely N-dealkylation sites (tertiary alicyclic amines) is 1. The molecule has 29 heavy (non-hydrogen) atoms. The van der Waals surface area contributed by atoms with Crippen LogP contribution in [-0.2, 0) is 13.2 Å². The Hall–Kier alpha value is -2.35. The van der Waals surface area contributed by atoms with Gasteiger partial charge in [0.2, 0.25) is 0 Å². The molecule has 1 atom stereocenters. The highest BCUT2D eigenvalue weighted by Crippen LogP contribution is 2.36. The molecule has 0 radical (unpaired) electrons. The summed E-state index contributed by atoms with van der Waals surface area (Å²) in [6.07, 6.45) is 2.31. The largest absolute Gasteiger partial charge is 0.300 e. The average molecular weight is 422 g/mol. The van der Waals surface area contributed by atoms with Gasteiger partial charge in [-0.25, -0.2) is 9.67 Å². The summed E-state index contributed by atoms with van der Waals surface area (Å²) in [5.41, 5.74) is 2.20. The molecule has 0 saturated carbocycles. The highest BCUT2D eigenvalue weighted by molar-refractivity contribution is 7.71. The van der Waals surface area contributed by atoms with E-state index in [1.165, 1.54) is 16.1 Å². The molecule has 3 heterocycles. The minimum Gasteiger partial charge on any atom is -0.300 e. The lowest BCUT2D eigenvalue weighted by atomic mass is 10.2. The van der Waals surface area contributed by atoms with Gasteiger partial charge in [0.25, 0.3) is 0 Å². The van der Waals surface area contributed by atoms with Crippen molar-refractivity contribution in [1.29, 1.82) is 0 Å². The number of benzene rings is 2. The van der Waals surface area contributed by atoms with E-state index in [0.717, 1.165) is 41.2 Å². The Labute approximate surface area is 179 Å². The van der Waals surface area contributed by atoms with Gasteiger partial charge in [0, 0.05) is 18.7 Å². The van der Waals surface area contributed by atoms with Crippen LogP contribution in [0.1, 0.15) is 30.8 Å². The summed E-state index contributed by atoms with van der Waals surface area (Å²) >= 11 is 7.59. The summed E-state index contributed by atoms with van der Waals surface area (Å²) < 4.78 is 6.13. The van der Waals surface area contributed by atoms with E-state index in [4.69, 9.17) is 22.3 Å². The second-order valence-corrected chi connectivity index (χ2v) is 8.78. The van der Waals surface area contributed by atoms with Crippen LogP contribution in [0.3, 0.4) is 0 Å². The maximum absolute atomic E-state index is 5.78. The Balaban J connectivity index is 1.46. The first kappa shape index (κ1) is 18.7. The van der Waals surface area contributed by atoms with E-state index < -0.39 is 0 Å². The van der Waals surface area contributed by atoms with Crippen LogP contribution >= 0.6 is 23.6 Å². The third kappa shape index (κ3) is 3.43. The molecule has 0 spiro atoms. The lowest BCUT2D eigenvalue weighted by Gasteiger charge is -2.22. The number of nitrogens with zero attached hydrogens (tertiary/aromatic N) is 5. The highest BCUT2D eigenvalue weighted by Gasteiger charge is 2.29. The van der Waals surface area contributed by atoms with Gasteiger partial charge >= 0.3 is 0 Å². The van der Waals surface area contributed by atoms with Crippen molar-refractivity contribution in [2.75, 3.05) is 6.54 Å². The number of para-hydroxylation sites is 1. The van der Waals surface area contributed by atoms with Crippen LogP contribution in [0, 0.1) is 4.77 Å².